The third kappa shape index (κ3) is 5.19. The van der Waals surface area contributed by atoms with Crippen molar-refractivity contribution < 1.29 is 9.53 Å². The molecule has 0 aliphatic carbocycles. The second-order valence-electron chi connectivity index (χ2n) is 5.53. The molecule has 3 rings (SSSR count). The van der Waals surface area contributed by atoms with E-state index in [0.29, 0.717) is 12.4 Å². The maximum Gasteiger partial charge on any atom is 0.213 e. The molecule has 2 aromatic carbocycles. The van der Waals surface area contributed by atoms with Gasteiger partial charge in [0, 0.05) is 19.2 Å². The van der Waals surface area contributed by atoms with Crippen LogP contribution in [-0.2, 0) is 18.4 Å². The number of methoxy groups -OCH3 is 1. The van der Waals surface area contributed by atoms with Gasteiger partial charge in [-0.2, -0.15) is 0 Å². The Kier molecular flexibility index (Phi) is 7.39. The molecule has 6 heteroatoms. The lowest BCUT2D eigenvalue weighted by molar-refractivity contribution is -0.105. The van der Waals surface area contributed by atoms with E-state index in [1.54, 1.807) is 13.3 Å². The summed E-state index contributed by atoms with van der Waals surface area (Å²) < 4.78 is 6.91. The van der Waals surface area contributed by atoms with E-state index in [2.05, 4.69) is 27.8 Å². The van der Waals surface area contributed by atoms with E-state index in [9.17, 15) is 4.79 Å². The first kappa shape index (κ1) is 19.2. The van der Waals surface area contributed by atoms with E-state index in [-0.39, 0.29) is 0 Å². The summed E-state index contributed by atoms with van der Waals surface area (Å²) in [6, 6.07) is 18.0. The monoisotopic (exact) mass is 352 g/mol. The SMILES string of the molecule is CNCc1ccccc1.COc1ccc(-c2cnc(NC=O)n2C)cc1. The fourth-order valence-electron chi connectivity index (χ4n) is 2.43. The van der Waals surface area contributed by atoms with Crippen molar-refractivity contribution in [1.29, 1.82) is 0 Å². The fourth-order valence-corrected chi connectivity index (χ4v) is 2.43. The molecular formula is C20H24N4O2. The number of hydrogen-bond acceptors (Lipinski definition) is 4. The zero-order chi connectivity index (χ0) is 18.8. The molecule has 3 aromatic rings. The summed E-state index contributed by atoms with van der Waals surface area (Å²) >= 11 is 0. The minimum absolute atomic E-state index is 0.519. The van der Waals surface area contributed by atoms with Crippen LogP contribution in [0.4, 0.5) is 5.95 Å². The van der Waals surface area contributed by atoms with Gasteiger partial charge in [-0.1, -0.05) is 30.3 Å². The molecule has 0 aliphatic heterocycles. The molecule has 0 saturated carbocycles. The average molecular weight is 352 g/mol. The quantitative estimate of drug-likeness (QED) is 0.669. The van der Waals surface area contributed by atoms with Crippen molar-refractivity contribution in [2.24, 2.45) is 7.05 Å². The first-order chi connectivity index (χ1) is 12.7. The van der Waals surface area contributed by atoms with Gasteiger partial charge in [0.15, 0.2) is 0 Å². The van der Waals surface area contributed by atoms with Gasteiger partial charge >= 0.3 is 0 Å². The summed E-state index contributed by atoms with van der Waals surface area (Å²) in [6.45, 7) is 0.959. The summed E-state index contributed by atoms with van der Waals surface area (Å²) in [5.41, 5.74) is 3.27. The predicted molar refractivity (Wildman–Crippen MR) is 104 cm³/mol. The van der Waals surface area contributed by atoms with Gasteiger partial charge in [-0.05, 0) is 36.9 Å². The molecule has 0 radical (unpaired) electrons. The zero-order valence-corrected chi connectivity index (χ0v) is 15.3. The van der Waals surface area contributed by atoms with E-state index in [0.717, 1.165) is 23.6 Å². The lowest BCUT2D eigenvalue weighted by Gasteiger charge is -2.05. The molecule has 0 spiro atoms. The zero-order valence-electron chi connectivity index (χ0n) is 15.3. The van der Waals surface area contributed by atoms with Crippen molar-refractivity contribution >= 4 is 12.4 Å². The third-order valence-corrected chi connectivity index (χ3v) is 3.79. The normalized spacial score (nSPS) is 9.81. The highest BCUT2D eigenvalue weighted by atomic mass is 16.5. The number of benzene rings is 2. The molecular weight excluding hydrogens is 328 g/mol. The molecule has 1 amide bonds. The van der Waals surface area contributed by atoms with Crippen LogP contribution in [0.3, 0.4) is 0 Å². The van der Waals surface area contributed by atoms with Crippen molar-refractivity contribution in [1.82, 2.24) is 14.9 Å². The molecule has 0 fully saturated rings. The van der Waals surface area contributed by atoms with Gasteiger partial charge in [0.05, 0.1) is 19.0 Å². The van der Waals surface area contributed by atoms with Crippen LogP contribution in [0.1, 0.15) is 5.56 Å². The molecule has 1 aromatic heterocycles. The number of anilines is 1. The second-order valence-corrected chi connectivity index (χ2v) is 5.53. The Bertz CT molecular complexity index is 798. The van der Waals surface area contributed by atoms with Crippen molar-refractivity contribution in [2.75, 3.05) is 19.5 Å². The standard InChI is InChI=1S/C12H13N3O2.C8H11N/c1-15-11(7-13-12(15)14-8-16)9-3-5-10(17-2)6-4-9;1-9-7-8-5-3-2-4-6-8/h3-8H,1-2H3,(H,13,14,16);2-6,9H,7H2,1H3. The topological polar surface area (TPSA) is 68.2 Å². The molecule has 2 N–H and O–H groups in total. The van der Waals surface area contributed by atoms with Gasteiger partial charge in [0.25, 0.3) is 0 Å². The van der Waals surface area contributed by atoms with Crippen molar-refractivity contribution in [3.63, 3.8) is 0 Å². The van der Waals surface area contributed by atoms with Gasteiger partial charge < -0.3 is 14.6 Å². The molecule has 0 saturated heterocycles. The van der Waals surface area contributed by atoms with Gasteiger partial charge in [0.1, 0.15) is 5.75 Å². The van der Waals surface area contributed by atoms with E-state index in [4.69, 9.17) is 4.74 Å². The molecule has 1 heterocycles. The van der Waals surface area contributed by atoms with Crippen molar-refractivity contribution in [3.8, 4) is 17.0 Å². The smallest absolute Gasteiger partial charge is 0.213 e. The van der Waals surface area contributed by atoms with Crippen LogP contribution in [0.15, 0.2) is 60.8 Å². The molecule has 0 bridgehead atoms. The number of amides is 1. The highest BCUT2D eigenvalue weighted by molar-refractivity contribution is 5.70. The Morgan fingerprint density at radius 1 is 1.12 bits per heavy atom. The number of hydrogen-bond donors (Lipinski definition) is 2. The number of aromatic nitrogens is 2. The molecule has 26 heavy (non-hydrogen) atoms. The molecule has 0 unspecified atom stereocenters. The van der Waals surface area contributed by atoms with E-state index < -0.39 is 0 Å². The molecule has 0 atom stereocenters. The van der Waals surface area contributed by atoms with E-state index in [1.165, 1.54) is 5.56 Å². The number of carbonyl (C=O) groups is 1. The summed E-state index contributed by atoms with van der Waals surface area (Å²) in [5, 5.41) is 5.62. The summed E-state index contributed by atoms with van der Waals surface area (Å²) in [5.74, 6) is 1.33. The van der Waals surface area contributed by atoms with Crippen LogP contribution in [-0.4, -0.2) is 30.1 Å². The minimum atomic E-state index is 0.519. The Hall–Kier alpha value is -3.12. The number of nitrogens with zero attached hydrogens (tertiary/aromatic N) is 2. The van der Waals surface area contributed by atoms with Crippen LogP contribution < -0.4 is 15.4 Å². The van der Waals surface area contributed by atoms with Gasteiger partial charge in [-0.3, -0.25) is 10.1 Å². The van der Waals surface area contributed by atoms with Crippen LogP contribution in [0.25, 0.3) is 11.3 Å². The second kappa shape index (κ2) is 10.0. The lowest BCUT2D eigenvalue weighted by atomic mass is 10.1. The Balaban J connectivity index is 0.000000228. The summed E-state index contributed by atoms with van der Waals surface area (Å²) in [7, 11) is 5.43. The Labute approximate surface area is 153 Å². The van der Waals surface area contributed by atoms with E-state index >= 15 is 0 Å². The number of rotatable bonds is 6. The number of ether oxygens (including phenoxy) is 1. The highest BCUT2D eigenvalue weighted by Crippen LogP contribution is 2.23. The predicted octanol–water partition coefficient (Wildman–Crippen LogP) is 3.07. The first-order valence-corrected chi connectivity index (χ1v) is 8.24. The summed E-state index contributed by atoms with van der Waals surface area (Å²) in [6.07, 6.45) is 2.33. The number of carbonyl (C=O) groups excluding carboxylic acids is 1. The fraction of sp³-hybridized carbons (Fsp3) is 0.200. The van der Waals surface area contributed by atoms with Crippen molar-refractivity contribution in [2.45, 2.75) is 6.54 Å². The van der Waals surface area contributed by atoms with Gasteiger partial charge in [-0.25, -0.2) is 4.98 Å². The van der Waals surface area contributed by atoms with Gasteiger partial charge in [-0.15, -0.1) is 0 Å². The Morgan fingerprint density at radius 2 is 1.81 bits per heavy atom. The van der Waals surface area contributed by atoms with Crippen LogP contribution in [0, 0.1) is 0 Å². The number of nitrogens with one attached hydrogen (secondary N) is 2. The maximum absolute atomic E-state index is 10.4. The molecule has 0 aliphatic rings. The third-order valence-electron chi connectivity index (χ3n) is 3.79. The molecule has 136 valence electrons. The minimum Gasteiger partial charge on any atom is -0.497 e. The highest BCUT2D eigenvalue weighted by Gasteiger charge is 2.07. The number of imidazole rings is 1. The van der Waals surface area contributed by atoms with E-state index in [1.807, 2.05) is 61.1 Å². The van der Waals surface area contributed by atoms with Crippen LogP contribution in [0.2, 0.25) is 0 Å². The molecule has 6 nitrogen and oxygen atoms in total. The van der Waals surface area contributed by atoms with Gasteiger partial charge in [0.2, 0.25) is 12.4 Å². The largest absolute Gasteiger partial charge is 0.497 e. The van der Waals surface area contributed by atoms with Crippen LogP contribution in [0.5, 0.6) is 5.75 Å². The average Bonchev–Trinajstić information content (AvgIpc) is 3.04. The maximum atomic E-state index is 10.4. The van der Waals surface area contributed by atoms with Crippen LogP contribution >= 0.6 is 0 Å². The summed E-state index contributed by atoms with van der Waals surface area (Å²) in [4.78, 5) is 14.5. The lowest BCUT2D eigenvalue weighted by Crippen LogP contribution is -2.04. The Morgan fingerprint density at radius 3 is 2.38 bits per heavy atom. The first-order valence-electron chi connectivity index (χ1n) is 8.24. The van der Waals surface area contributed by atoms with Crippen molar-refractivity contribution in [3.05, 3.63) is 66.4 Å².